The number of carbonyl (C=O) groups excluding carboxylic acids is 1. The van der Waals surface area contributed by atoms with Crippen LogP contribution in [0.15, 0.2) is 77.6 Å². The van der Waals surface area contributed by atoms with Crippen LogP contribution in [0, 0.1) is 11.3 Å². The molecule has 3 aromatic carbocycles. The number of carbonyl (C=O) groups is 1. The number of halogens is 2. The monoisotopic (exact) mass is 464 g/mol. The summed E-state index contributed by atoms with van der Waals surface area (Å²) in [5.41, 5.74) is 0.415. The lowest BCUT2D eigenvalue weighted by molar-refractivity contribution is 0.102. The first-order valence-electron chi connectivity index (χ1n) is 9.29. The van der Waals surface area contributed by atoms with Crippen molar-refractivity contribution in [3.05, 3.63) is 104 Å². The van der Waals surface area contributed by atoms with Gasteiger partial charge in [0.25, 0.3) is 11.5 Å². The molecule has 1 amide bonds. The quantitative estimate of drug-likeness (QED) is 0.454. The van der Waals surface area contributed by atoms with Gasteiger partial charge in [0, 0.05) is 15.7 Å². The molecule has 2 N–H and O–H groups in total. The highest BCUT2D eigenvalue weighted by Crippen LogP contribution is 2.25. The fourth-order valence-corrected chi connectivity index (χ4v) is 3.40. The van der Waals surface area contributed by atoms with Crippen molar-refractivity contribution in [2.24, 2.45) is 0 Å². The Hall–Kier alpha value is -3.99. The molecule has 4 rings (SSSR count). The van der Waals surface area contributed by atoms with Crippen molar-refractivity contribution < 1.29 is 9.90 Å². The van der Waals surface area contributed by atoms with Gasteiger partial charge >= 0.3 is 0 Å². The van der Waals surface area contributed by atoms with E-state index in [9.17, 15) is 14.7 Å². The molecule has 1 aromatic heterocycles. The third-order valence-electron chi connectivity index (χ3n) is 4.67. The fourth-order valence-electron chi connectivity index (χ4n) is 3.15. The molecular formula is C23H14Cl2N4O3. The minimum Gasteiger partial charge on any atom is -0.493 e. The van der Waals surface area contributed by atoms with E-state index in [1.165, 1.54) is 33.6 Å². The minimum atomic E-state index is -0.798. The largest absolute Gasteiger partial charge is 0.493 e. The highest BCUT2D eigenvalue weighted by molar-refractivity contribution is 6.30. The zero-order valence-corrected chi connectivity index (χ0v) is 17.8. The Morgan fingerprint density at radius 3 is 1.84 bits per heavy atom. The predicted octanol–water partition coefficient (Wildman–Crippen LogP) is 4.76. The highest BCUT2D eigenvalue weighted by Gasteiger charge is 2.27. The number of nitriles is 1. The van der Waals surface area contributed by atoms with Gasteiger partial charge in [-0.25, -0.2) is 9.36 Å². The van der Waals surface area contributed by atoms with Crippen molar-refractivity contribution in [3.8, 4) is 23.3 Å². The molecule has 4 aromatic rings. The molecule has 0 aliphatic rings. The van der Waals surface area contributed by atoms with Gasteiger partial charge < -0.3 is 10.4 Å². The Labute approximate surface area is 192 Å². The summed E-state index contributed by atoms with van der Waals surface area (Å²) >= 11 is 11.9. The second-order valence-corrected chi connectivity index (χ2v) is 7.60. The van der Waals surface area contributed by atoms with Crippen LogP contribution >= 0.6 is 23.2 Å². The van der Waals surface area contributed by atoms with Crippen molar-refractivity contribution in [1.82, 2.24) is 9.36 Å². The van der Waals surface area contributed by atoms with Crippen molar-refractivity contribution in [2.75, 3.05) is 5.32 Å². The first kappa shape index (κ1) is 21.2. The van der Waals surface area contributed by atoms with E-state index in [4.69, 9.17) is 28.5 Å². The van der Waals surface area contributed by atoms with E-state index in [0.717, 1.165) is 0 Å². The summed E-state index contributed by atoms with van der Waals surface area (Å²) in [4.78, 5) is 26.2. The highest BCUT2D eigenvalue weighted by atomic mass is 35.5. The standard InChI is InChI=1S/C23H14Cl2N4O3/c24-15-3-9-18(10-4-15)28-22(31)20(21(30)27-17-7-1-14(13-26)2-8-17)23(32)29(28)19-11-5-16(25)6-12-19/h1-12,31H,(H,27,30). The summed E-state index contributed by atoms with van der Waals surface area (Å²) in [5.74, 6) is -1.34. The second-order valence-electron chi connectivity index (χ2n) is 6.72. The third-order valence-corrected chi connectivity index (χ3v) is 5.18. The molecule has 0 aliphatic heterocycles. The summed E-state index contributed by atoms with van der Waals surface area (Å²) in [6, 6.07) is 20.9. The molecule has 1 heterocycles. The summed E-state index contributed by atoms with van der Waals surface area (Å²) < 4.78 is 2.39. The fraction of sp³-hybridized carbons (Fsp3) is 0. The molecule has 32 heavy (non-hydrogen) atoms. The van der Waals surface area contributed by atoms with Crippen molar-refractivity contribution >= 4 is 34.8 Å². The van der Waals surface area contributed by atoms with E-state index >= 15 is 0 Å². The zero-order chi connectivity index (χ0) is 22.8. The normalized spacial score (nSPS) is 10.5. The smallest absolute Gasteiger partial charge is 0.288 e. The van der Waals surface area contributed by atoms with Gasteiger partial charge in [-0.1, -0.05) is 23.2 Å². The van der Waals surface area contributed by atoms with Gasteiger partial charge in [0.1, 0.15) is 0 Å². The number of nitrogens with one attached hydrogen (secondary N) is 1. The van der Waals surface area contributed by atoms with Crippen molar-refractivity contribution in [2.45, 2.75) is 0 Å². The van der Waals surface area contributed by atoms with Crippen LogP contribution < -0.4 is 10.9 Å². The lowest BCUT2D eigenvalue weighted by Crippen LogP contribution is -2.25. The van der Waals surface area contributed by atoms with Crippen LogP contribution in [0.4, 0.5) is 5.69 Å². The maximum absolute atomic E-state index is 13.3. The van der Waals surface area contributed by atoms with Gasteiger partial charge in [-0.3, -0.25) is 9.59 Å². The van der Waals surface area contributed by atoms with E-state index in [1.807, 2.05) is 6.07 Å². The molecule has 0 fully saturated rings. The van der Waals surface area contributed by atoms with Crippen molar-refractivity contribution in [3.63, 3.8) is 0 Å². The maximum Gasteiger partial charge on any atom is 0.288 e. The van der Waals surface area contributed by atoms with Crippen LogP contribution in [0.2, 0.25) is 10.0 Å². The van der Waals surface area contributed by atoms with Crippen LogP contribution in [0.5, 0.6) is 5.88 Å². The number of aromatic nitrogens is 2. The lowest BCUT2D eigenvalue weighted by atomic mass is 10.2. The summed E-state index contributed by atoms with van der Waals surface area (Å²) in [7, 11) is 0. The third kappa shape index (κ3) is 3.97. The van der Waals surface area contributed by atoms with E-state index in [-0.39, 0.29) is 0 Å². The molecular weight excluding hydrogens is 451 g/mol. The Balaban J connectivity index is 1.86. The average Bonchev–Trinajstić information content (AvgIpc) is 3.05. The number of anilines is 1. The van der Waals surface area contributed by atoms with Crippen LogP contribution in [0.3, 0.4) is 0 Å². The number of rotatable bonds is 4. The van der Waals surface area contributed by atoms with Gasteiger partial charge in [0.05, 0.1) is 23.0 Å². The molecule has 0 spiro atoms. The molecule has 158 valence electrons. The van der Waals surface area contributed by atoms with Gasteiger partial charge in [0.2, 0.25) is 5.88 Å². The molecule has 0 saturated heterocycles. The number of amides is 1. The molecule has 0 radical (unpaired) electrons. The van der Waals surface area contributed by atoms with Gasteiger partial charge in [-0.2, -0.15) is 5.26 Å². The van der Waals surface area contributed by atoms with Crippen LogP contribution in [-0.2, 0) is 0 Å². The number of aromatic hydroxyl groups is 1. The molecule has 0 saturated carbocycles. The minimum absolute atomic E-state index is 0.366. The Bertz CT molecular complexity index is 1400. The molecule has 7 nitrogen and oxygen atoms in total. The van der Waals surface area contributed by atoms with Gasteiger partial charge in [-0.15, -0.1) is 0 Å². The van der Waals surface area contributed by atoms with E-state index < -0.39 is 22.9 Å². The maximum atomic E-state index is 13.3. The molecule has 0 bridgehead atoms. The Morgan fingerprint density at radius 2 is 1.34 bits per heavy atom. The Morgan fingerprint density at radius 1 is 0.844 bits per heavy atom. The lowest BCUT2D eigenvalue weighted by Gasteiger charge is -2.12. The van der Waals surface area contributed by atoms with Gasteiger partial charge in [0.15, 0.2) is 5.56 Å². The molecule has 0 atom stereocenters. The molecule has 0 aliphatic carbocycles. The summed E-state index contributed by atoms with van der Waals surface area (Å²) in [6.07, 6.45) is 0. The summed E-state index contributed by atoms with van der Waals surface area (Å²) in [5, 5.41) is 23.4. The van der Waals surface area contributed by atoms with Crippen LogP contribution in [-0.4, -0.2) is 20.4 Å². The predicted molar refractivity (Wildman–Crippen MR) is 122 cm³/mol. The summed E-state index contributed by atoms with van der Waals surface area (Å²) in [6.45, 7) is 0. The van der Waals surface area contributed by atoms with E-state index in [2.05, 4.69) is 5.32 Å². The second kappa shape index (κ2) is 8.63. The number of hydrogen-bond acceptors (Lipinski definition) is 4. The van der Waals surface area contributed by atoms with Crippen LogP contribution in [0.1, 0.15) is 15.9 Å². The SMILES string of the molecule is N#Cc1ccc(NC(=O)c2c(O)n(-c3ccc(Cl)cc3)n(-c3ccc(Cl)cc3)c2=O)cc1. The van der Waals surface area contributed by atoms with Gasteiger partial charge in [-0.05, 0) is 72.8 Å². The van der Waals surface area contributed by atoms with E-state index in [1.54, 1.807) is 48.5 Å². The van der Waals surface area contributed by atoms with Crippen LogP contribution in [0.25, 0.3) is 11.4 Å². The Kier molecular flexibility index (Phi) is 5.73. The average molecular weight is 465 g/mol. The molecule has 0 unspecified atom stereocenters. The zero-order valence-electron chi connectivity index (χ0n) is 16.3. The number of nitrogens with zero attached hydrogens (tertiary/aromatic N) is 3. The first-order chi connectivity index (χ1) is 15.4. The number of hydrogen-bond donors (Lipinski definition) is 2. The first-order valence-corrected chi connectivity index (χ1v) is 10.0. The van der Waals surface area contributed by atoms with Crippen molar-refractivity contribution in [1.29, 1.82) is 5.26 Å². The molecule has 9 heteroatoms. The van der Waals surface area contributed by atoms with E-state index in [0.29, 0.717) is 32.7 Å². The number of benzene rings is 3. The topological polar surface area (TPSA) is 100 Å².